The van der Waals surface area contributed by atoms with Crippen molar-refractivity contribution < 1.29 is 9.53 Å². The molecule has 1 aromatic heterocycles. The van der Waals surface area contributed by atoms with Gasteiger partial charge in [0, 0.05) is 12.5 Å². The fourth-order valence-electron chi connectivity index (χ4n) is 2.80. The van der Waals surface area contributed by atoms with E-state index < -0.39 is 0 Å². The topological polar surface area (TPSA) is 81.9 Å². The van der Waals surface area contributed by atoms with Crippen LogP contribution in [0.4, 0.5) is 0 Å². The summed E-state index contributed by atoms with van der Waals surface area (Å²) >= 11 is 1.31. The number of aromatic nitrogens is 4. The van der Waals surface area contributed by atoms with Gasteiger partial charge in [-0.05, 0) is 46.7 Å². The summed E-state index contributed by atoms with van der Waals surface area (Å²) in [5, 5.41) is 15.3. The molecule has 3 rings (SSSR count). The van der Waals surface area contributed by atoms with E-state index in [1.165, 1.54) is 17.3 Å². The Morgan fingerprint density at radius 1 is 1.18 bits per heavy atom. The van der Waals surface area contributed by atoms with Gasteiger partial charge in [-0.2, -0.15) is 4.68 Å². The summed E-state index contributed by atoms with van der Waals surface area (Å²) in [6.07, 6.45) is 0.965. The highest BCUT2D eigenvalue weighted by Gasteiger charge is 2.14. The Bertz CT molecular complexity index is 883. The maximum absolute atomic E-state index is 12.3. The van der Waals surface area contributed by atoms with Gasteiger partial charge in [-0.15, -0.1) is 5.10 Å². The third-order valence-electron chi connectivity index (χ3n) is 4.40. The van der Waals surface area contributed by atoms with Crippen molar-refractivity contribution in [2.75, 3.05) is 19.4 Å². The first kappa shape index (κ1) is 19.9. The van der Waals surface area contributed by atoms with Gasteiger partial charge < -0.3 is 10.1 Å². The monoisotopic (exact) mass is 397 g/mol. The summed E-state index contributed by atoms with van der Waals surface area (Å²) in [6.45, 7) is 2.74. The molecule has 0 radical (unpaired) electrons. The maximum atomic E-state index is 12.3. The van der Waals surface area contributed by atoms with Crippen LogP contribution in [-0.4, -0.2) is 45.5 Å². The number of tetrazole rings is 1. The largest absolute Gasteiger partial charge is 0.497 e. The zero-order chi connectivity index (χ0) is 19.8. The fraction of sp³-hybridized carbons (Fsp3) is 0.300. The molecule has 1 heterocycles. The molecule has 0 saturated heterocycles. The number of benzene rings is 2. The Labute approximate surface area is 168 Å². The van der Waals surface area contributed by atoms with Crippen LogP contribution in [0.25, 0.3) is 5.69 Å². The predicted molar refractivity (Wildman–Crippen MR) is 109 cm³/mol. The van der Waals surface area contributed by atoms with Crippen LogP contribution in [-0.2, 0) is 4.79 Å². The molecule has 1 unspecified atom stereocenters. The van der Waals surface area contributed by atoms with Crippen LogP contribution in [0.2, 0.25) is 0 Å². The molecule has 0 saturated carbocycles. The Balaban J connectivity index is 1.54. The van der Waals surface area contributed by atoms with Gasteiger partial charge in [0.05, 0.1) is 18.6 Å². The fourth-order valence-corrected chi connectivity index (χ4v) is 3.52. The minimum absolute atomic E-state index is 0.0383. The summed E-state index contributed by atoms with van der Waals surface area (Å²) in [7, 11) is 1.62. The van der Waals surface area contributed by atoms with E-state index in [0.717, 1.165) is 17.9 Å². The number of nitrogens with zero attached hydrogens (tertiary/aromatic N) is 4. The molecule has 1 amide bonds. The van der Waals surface area contributed by atoms with Gasteiger partial charge in [-0.3, -0.25) is 4.79 Å². The minimum atomic E-state index is -0.0383. The molecular formula is C20H23N5O2S. The second kappa shape index (κ2) is 9.89. The van der Waals surface area contributed by atoms with E-state index in [0.29, 0.717) is 17.6 Å². The molecule has 0 aliphatic heterocycles. The van der Waals surface area contributed by atoms with Crippen LogP contribution >= 0.6 is 11.8 Å². The lowest BCUT2D eigenvalue weighted by Gasteiger charge is -2.16. The molecule has 1 N–H and O–H groups in total. The van der Waals surface area contributed by atoms with Crippen molar-refractivity contribution in [2.24, 2.45) is 0 Å². The zero-order valence-electron chi connectivity index (χ0n) is 15.9. The van der Waals surface area contributed by atoms with E-state index in [2.05, 4.69) is 39.9 Å². The molecule has 0 aliphatic carbocycles. The highest BCUT2D eigenvalue weighted by molar-refractivity contribution is 7.99. The molecule has 0 bridgehead atoms. The van der Waals surface area contributed by atoms with Crippen LogP contribution in [0.1, 0.15) is 24.8 Å². The Morgan fingerprint density at radius 2 is 1.93 bits per heavy atom. The number of carbonyl (C=O) groups excluding carboxylic acids is 1. The quantitative estimate of drug-likeness (QED) is 0.559. The standard InChI is InChI=1S/C20H23N5O2S/c1-3-15(16-7-5-4-6-8-16)13-21-19(26)14-28-20-22-23-24-25(20)17-9-11-18(27-2)12-10-17/h4-12,15H,3,13-14H2,1-2H3,(H,21,26). The van der Waals surface area contributed by atoms with E-state index >= 15 is 0 Å². The van der Waals surface area contributed by atoms with Gasteiger partial charge >= 0.3 is 0 Å². The van der Waals surface area contributed by atoms with Crippen molar-refractivity contribution in [2.45, 2.75) is 24.4 Å². The molecule has 7 nitrogen and oxygen atoms in total. The second-order valence-corrected chi connectivity index (χ2v) is 7.12. The predicted octanol–water partition coefficient (Wildman–Crippen LogP) is 3.07. The van der Waals surface area contributed by atoms with Crippen molar-refractivity contribution in [3.05, 3.63) is 60.2 Å². The number of nitrogens with one attached hydrogen (secondary N) is 1. The molecule has 2 aromatic carbocycles. The summed E-state index contributed by atoms with van der Waals surface area (Å²) in [4.78, 5) is 12.3. The van der Waals surface area contributed by atoms with Crippen LogP contribution in [0.3, 0.4) is 0 Å². The summed E-state index contributed by atoms with van der Waals surface area (Å²) in [5.74, 6) is 1.28. The van der Waals surface area contributed by atoms with Crippen molar-refractivity contribution in [1.29, 1.82) is 0 Å². The van der Waals surface area contributed by atoms with Gasteiger partial charge in [0.25, 0.3) is 0 Å². The Kier molecular flexibility index (Phi) is 7.02. The average Bonchev–Trinajstić information content (AvgIpc) is 3.22. The van der Waals surface area contributed by atoms with Gasteiger partial charge in [0.2, 0.25) is 11.1 Å². The number of carbonyl (C=O) groups is 1. The average molecular weight is 398 g/mol. The highest BCUT2D eigenvalue weighted by Crippen LogP contribution is 2.21. The smallest absolute Gasteiger partial charge is 0.230 e. The Morgan fingerprint density at radius 3 is 2.61 bits per heavy atom. The lowest BCUT2D eigenvalue weighted by Crippen LogP contribution is -2.29. The number of ether oxygens (including phenoxy) is 1. The van der Waals surface area contributed by atoms with Crippen LogP contribution in [0.5, 0.6) is 5.75 Å². The first-order valence-electron chi connectivity index (χ1n) is 9.08. The van der Waals surface area contributed by atoms with Gasteiger partial charge in [0.1, 0.15) is 5.75 Å². The van der Waals surface area contributed by atoms with Crippen molar-refractivity contribution in [1.82, 2.24) is 25.5 Å². The van der Waals surface area contributed by atoms with Gasteiger partial charge in [0.15, 0.2) is 0 Å². The Hall–Kier alpha value is -2.87. The molecule has 3 aromatic rings. The third kappa shape index (κ3) is 5.10. The van der Waals surface area contributed by atoms with Crippen LogP contribution < -0.4 is 10.1 Å². The lowest BCUT2D eigenvalue weighted by atomic mass is 9.96. The molecule has 28 heavy (non-hydrogen) atoms. The summed E-state index contributed by atoms with van der Waals surface area (Å²) in [6, 6.07) is 17.6. The number of hydrogen-bond acceptors (Lipinski definition) is 6. The molecular weight excluding hydrogens is 374 g/mol. The number of thioether (sulfide) groups is 1. The SMILES string of the molecule is CCC(CNC(=O)CSc1nnnn1-c1ccc(OC)cc1)c1ccccc1. The number of rotatable bonds is 9. The molecule has 1 atom stereocenters. The highest BCUT2D eigenvalue weighted by atomic mass is 32.2. The van der Waals surface area contributed by atoms with Crippen molar-refractivity contribution in [3.8, 4) is 11.4 Å². The van der Waals surface area contributed by atoms with Gasteiger partial charge in [-0.25, -0.2) is 0 Å². The van der Waals surface area contributed by atoms with E-state index in [9.17, 15) is 4.79 Å². The summed E-state index contributed by atoms with van der Waals surface area (Å²) in [5.41, 5.74) is 2.05. The molecule has 146 valence electrons. The van der Waals surface area contributed by atoms with Crippen LogP contribution in [0.15, 0.2) is 59.8 Å². The van der Waals surface area contributed by atoms with E-state index in [1.807, 2.05) is 42.5 Å². The molecule has 8 heteroatoms. The van der Waals surface area contributed by atoms with Crippen molar-refractivity contribution in [3.63, 3.8) is 0 Å². The first-order chi connectivity index (χ1) is 13.7. The zero-order valence-corrected chi connectivity index (χ0v) is 16.7. The lowest BCUT2D eigenvalue weighted by molar-refractivity contribution is -0.118. The number of amides is 1. The minimum Gasteiger partial charge on any atom is -0.497 e. The van der Waals surface area contributed by atoms with E-state index in [1.54, 1.807) is 11.8 Å². The van der Waals surface area contributed by atoms with Crippen LogP contribution in [0, 0.1) is 0 Å². The molecule has 0 fully saturated rings. The first-order valence-corrected chi connectivity index (χ1v) is 10.1. The second-order valence-electron chi connectivity index (χ2n) is 6.18. The summed E-state index contributed by atoms with van der Waals surface area (Å²) < 4.78 is 6.77. The number of methoxy groups -OCH3 is 1. The third-order valence-corrected chi connectivity index (χ3v) is 5.32. The van der Waals surface area contributed by atoms with E-state index in [-0.39, 0.29) is 11.7 Å². The maximum Gasteiger partial charge on any atom is 0.230 e. The van der Waals surface area contributed by atoms with Gasteiger partial charge in [-0.1, -0.05) is 49.0 Å². The van der Waals surface area contributed by atoms with Crippen molar-refractivity contribution >= 4 is 17.7 Å². The van der Waals surface area contributed by atoms with E-state index in [4.69, 9.17) is 4.74 Å². The normalized spacial score (nSPS) is 11.8. The molecule has 0 spiro atoms. The number of hydrogen-bond donors (Lipinski definition) is 1. The molecule has 0 aliphatic rings.